The molecule has 0 spiro atoms. The largest absolute Gasteiger partial charge is 0.462 e. The van der Waals surface area contributed by atoms with E-state index in [1.54, 1.807) is 6.08 Å². The number of likely N-dealkylation sites (N-methyl/N-ethyl adjacent to an activating group) is 1. The van der Waals surface area contributed by atoms with Gasteiger partial charge in [0.05, 0.1) is 24.9 Å². The van der Waals surface area contributed by atoms with E-state index in [1.165, 1.54) is 6.08 Å². The van der Waals surface area contributed by atoms with Gasteiger partial charge < -0.3 is 33.7 Å². The lowest BCUT2D eigenvalue weighted by Crippen LogP contribution is -2.57. The maximum atomic E-state index is 13.3. The van der Waals surface area contributed by atoms with Crippen molar-refractivity contribution < 1.29 is 43.2 Å². The van der Waals surface area contributed by atoms with Gasteiger partial charge in [-0.3, -0.25) is 14.4 Å². The van der Waals surface area contributed by atoms with Crippen molar-refractivity contribution in [2.45, 2.75) is 130 Å². The number of ether oxygens (including phenoxy) is 4. The third-order valence-electron chi connectivity index (χ3n) is 9.12. The van der Waals surface area contributed by atoms with Crippen molar-refractivity contribution in [1.29, 1.82) is 0 Å². The Kier molecular flexibility index (Phi) is 16.8. The number of carbonyl (C=O) groups excluding carboxylic acids is 4. The lowest BCUT2D eigenvalue weighted by Gasteiger charge is -2.45. The lowest BCUT2D eigenvalue weighted by atomic mass is 9.80. The van der Waals surface area contributed by atoms with E-state index in [0.29, 0.717) is 25.7 Å². The Labute approximate surface area is 276 Å². The summed E-state index contributed by atoms with van der Waals surface area (Å²) in [6.45, 7) is 13.2. The first-order valence-electron chi connectivity index (χ1n) is 17.0. The van der Waals surface area contributed by atoms with E-state index < -0.39 is 36.4 Å². The van der Waals surface area contributed by atoms with Crippen LogP contribution in [0.15, 0.2) is 23.8 Å². The molecule has 0 aliphatic carbocycles. The number of esters is 2. The third kappa shape index (κ3) is 12.3. The zero-order valence-corrected chi connectivity index (χ0v) is 29.5. The molecular weight excluding hydrogens is 590 g/mol. The highest BCUT2D eigenvalue weighted by Gasteiger charge is 2.45. The summed E-state index contributed by atoms with van der Waals surface area (Å²) < 4.78 is 25.0. The van der Waals surface area contributed by atoms with Crippen molar-refractivity contribution in [3.05, 3.63) is 23.8 Å². The zero-order chi connectivity index (χ0) is 34.6. The lowest BCUT2D eigenvalue weighted by molar-refractivity contribution is -0.284. The van der Waals surface area contributed by atoms with E-state index in [9.17, 15) is 24.3 Å². The number of ketones is 1. The number of allylic oxidation sites excluding steroid dienone is 3. The SMILES string of the molecule is CC[C@H]1OC(=O)CC[C@H](C)[C@@H](O[C@@H]2O[C@H](C)C[C@H](N(C)C)[C@H]2OC(=O)CC(C)C)[C@@H](CC=O)C[C@@H](C)C(=O)/C=C/C(C)=C/[C@@H]1CO. The number of nitrogens with zero attached hydrogens (tertiary/aromatic N) is 1. The Balaban J connectivity index is 2.52. The smallest absolute Gasteiger partial charge is 0.306 e. The Bertz CT molecular complexity index is 1050. The maximum Gasteiger partial charge on any atom is 0.306 e. The second-order valence-corrected chi connectivity index (χ2v) is 14.0. The summed E-state index contributed by atoms with van der Waals surface area (Å²) in [5.41, 5.74) is 0.775. The van der Waals surface area contributed by atoms with Crippen LogP contribution >= 0.6 is 0 Å². The van der Waals surface area contributed by atoms with Crippen molar-refractivity contribution in [3.63, 3.8) is 0 Å². The van der Waals surface area contributed by atoms with Gasteiger partial charge in [0.2, 0.25) is 0 Å². The highest BCUT2D eigenvalue weighted by atomic mass is 16.7. The number of hydrogen-bond donors (Lipinski definition) is 1. The Hall–Kier alpha value is -2.40. The van der Waals surface area contributed by atoms with Gasteiger partial charge in [0, 0.05) is 31.1 Å². The topological polar surface area (TPSA) is 129 Å². The number of carbonyl (C=O) groups is 4. The molecule has 0 saturated carbocycles. The van der Waals surface area contributed by atoms with Crippen LogP contribution in [0.5, 0.6) is 0 Å². The molecular formula is C36H59NO9. The maximum absolute atomic E-state index is 13.3. The highest BCUT2D eigenvalue weighted by Crippen LogP contribution is 2.35. The molecule has 0 bridgehead atoms. The summed E-state index contributed by atoms with van der Waals surface area (Å²) in [5, 5.41) is 10.1. The molecule has 0 unspecified atom stereocenters. The summed E-state index contributed by atoms with van der Waals surface area (Å²) in [6, 6.07) is -0.168. The fraction of sp³-hybridized carbons (Fsp3) is 0.778. The van der Waals surface area contributed by atoms with Gasteiger partial charge in [-0.05, 0) is 77.5 Å². The minimum Gasteiger partial charge on any atom is -0.462 e. The molecule has 0 aromatic heterocycles. The van der Waals surface area contributed by atoms with Gasteiger partial charge in [-0.15, -0.1) is 0 Å². The van der Waals surface area contributed by atoms with Crippen LogP contribution in [-0.4, -0.2) is 91.5 Å². The summed E-state index contributed by atoms with van der Waals surface area (Å²) in [4.78, 5) is 53.3. The van der Waals surface area contributed by atoms with Gasteiger partial charge in [0.25, 0.3) is 0 Å². The average molecular weight is 650 g/mol. The molecule has 0 aromatic carbocycles. The van der Waals surface area contributed by atoms with Crippen LogP contribution in [-0.2, 0) is 38.1 Å². The van der Waals surface area contributed by atoms with Gasteiger partial charge in [-0.1, -0.05) is 52.3 Å². The van der Waals surface area contributed by atoms with E-state index >= 15 is 0 Å². The molecule has 0 radical (unpaired) electrons. The van der Waals surface area contributed by atoms with E-state index in [1.807, 2.05) is 73.5 Å². The fourth-order valence-electron chi connectivity index (χ4n) is 6.48. The van der Waals surface area contributed by atoms with Crippen LogP contribution in [0.2, 0.25) is 0 Å². The molecule has 0 amide bonds. The van der Waals surface area contributed by atoms with Crippen molar-refractivity contribution >= 4 is 24.0 Å². The highest BCUT2D eigenvalue weighted by molar-refractivity contribution is 5.91. The zero-order valence-electron chi connectivity index (χ0n) is 29.5. The molecule has 2 rings (SSSR count). The number of aldehydes is 1. The first-order chi connectivity index (χ1) is 21.7. The quantitative estimate of drug-likeness (QED) is 0.253. The monoisotopic (exact) mass is 649 g/mol. The summed E-state index contributed by atoms with van der Waals surface area (Å²) in [7, 11) is 3.86. The van der Waals surface area contributed by atoms with E-state index in [-0.39, 0.29) is 73.5 Å². The Morgan fingerprint density at radius 1 is 1.13 bits per heavy atom. The predicted octanol–water partition coefficient (Wildman–Crippen LogP) is 5.06. The summed E-state index contributed by atoms with van der Waals surface area (Å²) in [5.74, 6) is -2.12. The second-order valence-electron chi connectivity index (χ2n) is 14.0. The number of hydrogen-bond acceptors (Lipinski definition) is 10. The molecule has 1 saturated heterocycles. The second kappa shape index (κ2) is 19.4. The van der Waals surface area contributed by atoms with Crippen molar-refractivity contribution in [2.75, 3.05) is 20.7 Å². The summed E-state index contributed by atoms with van der Waals surface area (Å²) in [6.07, 6.45) is 5.41. The number of cyclic esters (lactones) is 1. The van der Waals surface area contributed by atoms with Crippen molar-refractivity contribution in [2.24, 2.45) is 29.6 Å². The van der Waals surface area contributed by atoms with E-state index in [0.717, 1.165) is 11.9 Å². The molecule has 10 nitrogen and oxygen atoms in total. The Morgan fingerprint density at radius 2 is 1.83 bits per heavy atom. The first kappa shape index (κ1) is 39.8. The van der Waals surface area contributed by atoms with Crippen LogP contribution in [0, 0.1) is 29.6 Å². The normalized spacial score (nSPS) is 35.7. The minimum absolute atomic E-state index is 0.0862. The molecule has 10 heteroatoms. The summed E-state index contributed by atoms with van der Waals surface area (Å²) >= 11 is 0. The van der Waals surface area contributed by atoms with Gasteiger partial charge in [-0.25, -0.2) is 0 Å². The molecule has 0 aromatic rings. The van der Waals surface area contributed by atoms with Crippen LogP contribution in [0.3, 0.4) is 0 Å². The van der Waals surface area contributed by atoms with E-state index in [4.69, 9.17) is 18.9 Å². The average Bonchev–Trinajstić information content (AvgIpc) is 2.98. The van der Waals surface area contributed by atoms with Crippen LogP contribution in [0.1, 0.15) is 93.4 Å². The number of aliphatic hydroxyl groups excluding tert-OH is 1. The van der Waals surface area contributed by atoms with Crippen LogP contribution < -0.4 is 0 Å². The number of rotatable bonds is 10. The number of aliphatic hydroxyl groups is 1. The van der Waals surface area contributed by atoms with Crippen LogP contribution in [0.4, 0.5) is 0 Å². The van der Waals surface area contributed by atoms with Gasteiger partial charge in [0.1, 0.15) is 12.4 Å². The molecule has 2 aliphatic rings. The molecule has 262 valence electrons. The molecule has 1 N–H and O–H groups in total. The molecule has 2 heterocycles. The molecule has 10 atom stereocenters. The Morgan fingerprint density at radius 3 is 2.41 bits per heavy atom. The molecule has 2 aliphatic heterocycles. The van der Waals surface area contributed by atoms with Crippen molar-refractivity contribution in [3.8, 4) is 0 Å². The third-order valence-corrected chi connectivity index (χ3v) is 9.12. The van der Waals surface area contributed by atoms with E-state index in [2.05, 4.69) is 0 Å². The minimum atomic E-state index is -0.917. The molecule has 1 fully saturated rings. The first-order valence-corrected chi connectivity index (χ1v) is 17.0. The van der Waals surface area contributed by atoms with Crippen molar-refractivity contribution in [1.82, 2.24) is 4.90 Å². The van der Waals surface area contributed by atoms with Crippen LogP contribution in [0.25, 0.3) is 0 Å². The standard InChI is InChI=1S/C36H59NO9/c1-10-31-28(21-39)18-23(4)11-13-30(40)25(6)19-27(15-16-38)34(24(5)12-14-32(41)44-31)46-36-35(45-33(42)17-22(2)3)29(37(8)9)20-26(7)43-36/h11,13,16,18,22,24-29,31,34-36,39H,10,12,14-15,17,19-21H2,1-9H3/b13-11+,23-18+/t24-,25+,26+,27-,28+,29-,31+,34+,35+,36-/m0/s1. The predicted molar refractivity (Wildman–Crippen MR) is 176 cm³/mol. The van der Waals surface area contributed by atoms with Gasteiger partial charge in [-0.2, -0.15) is 0 Å². The van der Waals surface area contributed by atoms with Gasteiger partial charge in [0.15, 0.2) is 18.2 Å². The fourth-order valence-corrected chi connectivity index (χ4v) is 6.48. The molecule has 46 heavy (non-hydrogen) atoms. The van der Waals surface area contributed by atoms with Gasteiger partial charge >= 0.3 is 11.9 Å².